The van der Waals surface area contributed by atoms with Gasteiger partial charge in [0.1, 0.15) is 0 Å². The molecule has 0 fully saturated rings. The topological polar surface area (TPSA) is 27.7 Å². The number of rotatable bonds is 2. The molecule has 0 saturated heterocycles. The molecule has 0 N–H and O–H groups in total. The number of benzene rings is 2. The van der Waals surface area contributed by atoms with Crippen molar-refractivity contribution in [2.75, 3.05) is 0 Å². The summed E-state index contributed by atoms with van der Waals surface area (Å²) in [6.45, 7) is 0.813. The lowest BCUT2D eigenvalue weighted by molar-refractivity contribution is -0.662. The molecule has 2 nitrogen and oxygen atoms in total. The Morgan fingerprint density at radius 3 is 2.42 bits per heavy atom. The van der Waals surface area contributed by atoms with E-state index in [0.717, 1.165) is 6.54 Å². The van der Waals surface area contributed by atoms with Crippen molar-refractivity contribution in [2.45, 2.75) is 6.54 Å². The SMILES string of the molecule is N#Cc1ccc(C[n+]2cccc3ccccc32)cc1. The Morgan fingerprint density at radius 2 is 1.63 bits per heavy atom. The Hall–Kier alpha value is -2.66. The third-order valence-corrected chi connectivity index (χ3v) is 3.22. The standard InChI is InChI=1S/C17H13N2/c18-12-14-7-9-15(10-8-14)13-19-11-3-5-16-4-1-2-6-17(16)19/h1-11H,13H2/q+1. The Kier molecular flexibility index (Phi) is 2.96. The van der Waals surface area contributed by atoms with Crippen LogP contribution in [-0.4, -0.2) is 0 Å². The van der Waals surface area contributed by atoms with Crippen molar-refractivity contribution in [3.05, 3.63) is 78.0 Å². The highest BCUT2D eigenvalue weighted by Gasteiger charge is 2.08. The molecule has 0 atom stereocenters. The predicted octanol–water partition coefficient (Wildman–Crippen LogP) is 3.05. The second kappa shape index (κ2) is 4.91. The van der Waals surface area contributed by atoms with E-state index in [9.17, 15) is 0 Å². The lowest BCUT2D eigenvalue weighted by atomic mass is 10.1. The molecule has 90 valence electrons. The number of aromatic nitrogens is 1. The van der Waals surface area contributed by atoms with Gasteiger partial charge in [-0.1, -0.05) is 24.3 Å². The van der Waals surface area contributed by atoms with Crippen molar-refractivity contribution in [3.8, 4) is 6.07 Å². The van der Waals surface area contributed by atoms with Crippen LogP contribution in [0.2, 0.25) is 0 Å². The summed E-state index contributed by atoms with van der Waals surface area (Å²) in [5, 5.41) is 10.0. The number of nitriles is 1. The van der Waals surface area contributed by atoms with Gasteiger partial charge in [-0.25, -0.2) is 0 Å². The molecule has 2 heteroatoms. The van der Waals surface area contributed by atoms with Crippen LogP contribution < -0.4 is 4.57 Å². The zero-order valence-corrected chi connectivity index (χ0v) is 10.5. The maximum atomic E-state index is 8.80. The second-order valence-corrected chi connectivity index (χ2v) is 4.50. The van der Waals surface area contributed by atoms with Crippen molar-refractivity contribution in [3.63, 3.8) is 0 Å². The van der Waals surface area contributed by atoms with Gasteiger partial charge < -0.3 is 0 Å². The quantitative estimate of drug-likeness (QED) is 0.638. The van der Waals surface area contributed by atoms with E-state index >= 15 is 0 Å². The van der Waals surface area contributed by atoms with Crippen LogP contribution >= 0.6 is 0 Å². The molecule has 1 heterocycles. The maximum absolute atomic E-state index is 8.80. The molecule has 1 aromatic heterocycles. The first-order valence-electron chi connectivity index (χ1n) is 6.23. The minimum atomic E-state index is 0.701. The molecule has 0 bridgehead atoms. The van der Waals surface area contributed by atoms with Crippen molar-refractivity contribution in [2.24, 2.45) is 0 Å². The first-order chi connectivity index (χ1) is 9.36. The Balaban J connectivity index is 1.99. The summed E-state index contributed by atoms with van der Waals surface area (Å²) in [4.78, 5) is 0. The van der Waals surface area contributed by atoms with Gasteiger partial charge in [0.05, 0.1) is 11.6 Å². The third kappa shape index (κ3) is 2.31. The molecule has 0 aliphatic rings. The van der Waals surface area contributed by atoms with Crippen molar-refractivity contribution < 1.29 is 4.57 Å². The second-order valence-electron chi connectivity index (χ2n) is 4.50. The lowest BCUT2D eigenvalue weighted by Crippen LogP contribution is -2.34. The van der Waals surface area contributed by atoms with Gasteiger partial charge in [0, 0.05) is 23.1 Å². The average molecular weight is 245 g/mol. The van der Waals surface area contributed by atoms with Gasteiger partial charge in [-0.2, -0.15) is 9.83 Å². The van der Waals surface area contributed by atoms with Crippen LogP contribution in [0.5, 0.6) is 0 Å². The summed E-state index contributed by atoms with van der Waals surface area (Å²) >= 11 is 0. The van der Waals surface area contributed by atoms with Gasteiger partial charge in [-0.15, -0.1) is 0 Å². The van der Waals surface area contributed by atoms with Crippen LogP contribution in [0.25, 0.3) is 10.9 Å². The monoisotopic (exact) mass is 245 g/mol. The van der Waals surface area contributed by atoms with Crippen molar-refractivity contribution in [1.82, 2.24) is 0 Å². The van der Waals surface area contributed by atoms with Crippen LogP contribution in [0, 0.1) is 11.3 Å². The fraction of sp³-hybridized carbons (Fsp3) is 0.0588. The molecule has 0 aliphatic heterocycles. The largest absolute Gasteiger partial charge is 0.212 e. The molecule has 0 radical (unpaired) electrons. The first kappa shape index (κ1) is 11.4. The van der Waals surface area contributed by atoms with E-state index in [-0.39, 0.29) is 0 Å². The number of hydrogen-bond donors (Lipinski definition) is 0. The molecule has 3 aromatic rings. The smallest absolute Gasteiger partial charge is 0.194 e. The molecule has 0 spiro atoms. The molecular formula is C17H13N2+. The molecule has 0 saturated carbocycles. The summed E-state index contributed by atoms with van der Waals surface area (Å²) in [7, 11) is 0. The maximum Gasteiger partial charge on any atom is 0.212 e. The minimum absolute atomic E-state index is 0.701. The van der Waals surface area contributed by atoms with Crippen molar-refractivity contribution in [1.29, 1.82) is 5.26 Å². The van der Waals surface area contributed by atoms with Gasteiger partial charge in [0.25, 0.3) is 0 Å². The van der Waals surface area contributed by atoms with Crippen molar-refractivity contribution >= 4 is 10.9 Å². The number of pyridine rings is 1. The highest BCUT2D eigenvalue weighted by atomic mass is 14.9. The normalized spacial score (nSPS) is 10.3. The lowest BCUT2D eigenvalue weighted by Gasteiger charge is -2.01. The van der Waals surface area contributed by atoms with Gasteiger partial charge in [-0.3, -0.25) is 0 Å². The molecule has 0 aliphatic carbocycles. The summed E-state index contributed by atoms with van der Waals surface area (Å²) < 4.78 is 2.22. The molecule has 19 heavy (non-hydrogen) atoms. The van der Waals surface area contributed by atoms with E-state index in [1.54, 1.807) is 0 Å². The number of fused-ring (bicyclic) bond motifs is 1. The Morgan fingerprint density at radius 1 is 0.895 bits per heavy atom. The summed E-state index contributed by atoms with van der Waals surface area (Å²) in [6, 6.07) is 22.4. The third-order valence-electron chi connectivity index (χ3n) is 3.22. The first-order valence-corrected chi connectivity index (χ1v) is 6.23. The van der Waals surface area contributed by atoms with Gasteiger partial charge in [0.2, 0.25) is 5.52 Å². The molecular weight excluding hydrogens is 232 g/mol. The fourth-order valence-electron chi connectivity index (χ4n) is 2.24. The summed E-state index contributed by atoms with van der Waals surface area (Å²) in [5.41, 5.74) is 3.11. The van der Waals surface area contributed by atoms with E-state index in [1.807, 2.05) is 30.3 Å². The molecule has 2 aromatic carbocycles. The van der Waals surface area contributed by atoms with Crippen LogP contribution in [0.4, 0.5) is 0 Å². The predicted molar refractivity (Wildman–Crippen MR) is 74.4 cm³/mol. The van der Waals surface area contributed by atoms with E-state index in [1.165, 1.54) is 16.5 Å². The van der Waals surface area contributed by atoms with E-state index in [2.05, 4.69) is 47.2 Å². The highest BCUT2D eigenvalue weighted by Crippen LogP contribution is 2.09. The summed E-state index contributed by atoms with van der Waals surface area (Å²) in [5.74, 6) is 0. The minimum Gasteiger partial charge on any atom is -0.194 e. The van der Waals surface area contributed by atoms with E-state index < -0.39 is 0 Å². The highest BCUT2D eigenvalue weighted by molar-refractivity contribution is 5.74. The Bertz CT molecular complexity index is 747. The zero-order chi connectivity index (χ0) is 13.1. The number of hydrogen-bond acceptors (Lipinski definition) is 1. The van der Waals surface area contributed by atoms with Crippen LogP contribution in [0.15, 0.2) is 66.9 Å². The summed E-state index contributed by atoms with van der Waals surface area (Å²) in [6.07, 6.45) is 2.08. The van der Waals surface area contributed by atoms with Gasteiger partial charge >= 0.3 is 0 Å². The average Bonchev–Trinajstić information content (AvgIpc) is 2.48. The van der Waals surface area contributed by atoms with Crippen LogP contribution in [0.1, 0.15) is 11.1 Å². The van der Waals surface area contributed by atoms with Gasteiger partial charge in [0.15, 0.2) is 12.7 Å². The van der Waals surface area contributed by atoms with E-state index in [4.69, 9.17) is 5.26 Å². The Labute approximate surface area is 112 Å². The van der Waals surface area contributed by atoms with E-state index in [0.29, 0.717) is 5.56 Å². The fourth-order valence-corrected chi connectivity index (χ4v) is 2.24. The number of nitrogens with zero attached hydrogens (tertiary/aromatic N) is 2. The molecule has 0 amide bonds. The van der Waals surface area contributed by atoms with Crippen LogP contribution in [0.3, 0.4) is 0 Å². The van der Waals surface area contributed by atoms with Crippen LogP contribution in [-0.2, 0) is 6.54 Å². The molecule has 0 unspecified atom stereocenters. The molecule has 3 rings (SSSR count). The van der Waals surface area contributed by atoms with Gasteiger partial charge in [-0.05, 0) is 24.3 Å². The zero-order valence-electron chi connectivity index (χ0n) is 10.5. The number of para-hydroxylation sites is 1.